The summed E-state index contributed by atoms with van der Waals surface area (Å²) >= 11 is 1.65. The highest BCUT2D eigenvalue weighted by molar-refractivity contribution is 7.11. The Bertz CT molecular complexity index is 584. The van der Waals surface area contributed by atoms with Crippen LogP contribution in [-0.4, -0.2) is 4.98 Å². The molecule has 0 unspecified atom stereocenters. The molecule has 0 amide bonds. The minimum Gasteiger partial charge on any atom is -0.486 e. The highest BCUT2D eigenvalue weighted by Crippen LogP contribution is 2.29. The van der Waals surface area contributed by atoms with Gasteiger partial charge in [0.15, 0.2) is 0 Å². The number of aromatic nitrogens is 1. The van der Waals surface area contributed by atoms with Crippen molar-refractivity contribution in [1.29, 1.82) is 0 Å². The third-order valence-electron chi connectivity index (χ3n) is 2.99. The zero-order valence-corrected chi connectivity index (χ0v) is 13.4. The van der Waals surface area contributed by atoms with Gasteiger partial charge in [0.2, 0.25) is 0 Å². The van der Waals surface area contributed by atoms with Crippen LogP contribution in [0.5, 0.6) is 5.75 Å². The number of nitrogens with two attached hydrogens (primary N) is 1. The highest BCUT2D eigenvalue weighted by atomic mass is 32.1. The molecule has 0 atom stereocenters. The summed E-state index contributed by atoms with van der Waals surface area (Å²) < 4.78 is 5.81. The Balaban J connectivity index is 2.12. The van der Waals surface area contributed by atoms with Crippen molar-refractivity contribution in [2.24, 2.45) is 5.73 Å². The van der Waals surface area contributed by atoms with E-state index in [1.54, 1.807) is 11.3 Å². The zero-order chi connectivity index (χ0) is 14.8. The number of aryl methyl sites for hydroxylation is 1. The van der Waals surface area contributed by atoms with E-state index in [9.17, 15) is 0 Å². The van der Waals surface area contributed by atoms with Crippen LogP contribution in [0.25, 0.3) is 0 Å². The fourth-order valence-corrected chi connectivity index (χ4v) is 3.11. The summed E-state index contributed by atoms with van der Waals surface area (Å²) in [6.45, 7) is 9.57. The molecule has 2 N–H and O–H groups in total. The van der Waals surface area contributed by atoms with Gasteiger partial charge in [-0.3, -0.25) is 0 Å². The largest absolute Gasteiger partial charge is 0.486 e. The van der Waals surface area contributed by atoms with Crippen LogP contribution in [0, 0.1) is 6.92 Å². The molecule has 4 heteroatoms. The highest BCUT2D eigenvalue weighted by Gasteiger charge is 2.22. The van der Waals surface area contributed by atoms with Gasteiger partial charge in [0.1, 0.15) is 17.4 Å². The Hall–Kier alpha value is -1.39. The van der Waals surface area contributed by atoms with Crippen LogP contribution >= 0.6 is 11.3 Å². The second kappa shape index (κ2) is 5.94. The Kier molecular flexibility index (Phi) is 4.45. The van der Waals surface area contributed by atoms with Crippen LogP contribution < -0.4 is 10.5 Å². The third kappa shape index (κ3) is 3.58. The minimum absolute atomic E-state index is 0.0206. The van der Waals surface area contributed by atoms with E-state index in [4.69, 9.17) is 15.5 Å². The maximum absolute atomic E-state index is 5.82. The van der Waals surface area contributed by atoms with Crippen molar-refractivity contribution in [2.45, 2.75) is 46.3 Å². The molecule has 0 aliphatic rings. The molecular weight excluding hydrogens is 268 g/mol. The number of ether oxygens (including phenoxy) is 1. The molecular formula is C16H22N2OS. The predicted molar refractivity (Wildman–Crippen MR) is 84.2 cm³/mol. The molecule has 2 aromatic rings. The molecule has 0 spiro atoms. The quantitative estimate of drug-likeness (QED) is 0.932. The molecule has 0 aliphatic heterocycles. The standard InChI is InChI=1S/C16H22N2OS/c1-11-6-5-7-12(8-11)19-10-14-18-15(16(2,3)4)13(9-17)20-14/h5-8H,9-10,17H2,1-4H3. The lowest BCUT2D eigenvalue weighted by Gasteiger charge is -2.16. The fraction of sp³-hybridized carbons (Fsp3) is 0.438. The first kappa shape index (κ1) is 15.0. The smallest absolute Gasteiger partial charge is 0.140 e. The Morgan fingerprint density at radius 2 is 2.05 bits per heavy atom. The third-order valence-corrected chi connectivity index (χ3v) is 4.04. The van der Waals surface area contributed by atoms with Crippen molar-refractivity contribution in [3.05, 3.63) is 45.4 Å². The molecule has 0 radical (unpaired) electrons. The van der Waals surface area contributed by atoms with Gasteiger partial charge in [0.05, 0.1) is 5.69 Å². The maximum Gasteiger partial charge on any atom is 0.140 e. The van der Waals surface area contributed by atoms with E-state index in [2.05, 4.69) is 33.8 Å². The van der Waals surface area contributed by atoms with Crippen molar-refractivity contribution in [2.75, 3.05) is 0 Å². The minimum atomic E-state index is 0.0206. The normalized spacial score (nSPS) is 11.7. The Labute approximate surface area is 124 Å². The van der Waals surface area contributed by atoms with E-state index in [-0.39, 0.29) is 5.41 Å². The summed E-state index contributed by atoms with van der Waals surface area (Å²) in [4.78, 5) is 5.86. The SMILES string of the molecule is Cc1cccc(OCc2nc(C(C)(C)C)c(CN)s2)c1. The van der Waals surface area contributed by atoms with E-state index >= 15 is 0 Å². The average Bonchev–Trinajstić information content (AvgIpc) is 2.80. The number of rotatable bonds is 4. The molecule has 2 rings (SSSR count). The van der Waals surface area contributed by atoms with Crippen LogP contribution in [0.3, 0.4) is 0 Å². The lowest BCUT2D eigenvalue weighted by Crippen LogP contribution is -2.15. The van der Waals surface area contributed by atoms with E-state index < -0.39 is 0 Å². The van der Waals surface area contributed by atoms with E-state index in [0.717, 1.165) is 21.3 Å². The Morgan fingerprint density at radius 1 is 1.30 bits per heavy atom. The average molecular weight is 290 g/mol. The molecule has 0 aliphatic carbocycles. The van der Waals surface area contributed by atoms with Gasteiger partial charge in [0.25, 0.3) is 0 Å². The van der Waals surface area contributed by atoms with E-state index in [1.165, 1.54) is 5.56 Å². The molecule has 108 valence electrons. The lowest BCUT2D eigenvalue weighted by molar-refractivity contribution is 0.304. The Morgan fingerprint density at radius 3 is 2.60 bits per heavy atom. The molecule has 3 nitrogen and oxygen atoms in total. The van der Waals surface area contributed by atoms with Crippen molar-refractivity contribution in [3.8, 4) is 5.75 Å². The molecule has 0 fully saturated rings. The second-order valence-electron chi connectivity index (χ2n) is 5.94. The molecule has 1 heterocycles. The van der Waals surface area contributed by atoms with Crippen LogP contribution in [0.4, 0.5) is 0 Å². The van der Waals surface area contributed by atoms with Crippen LogP contribution in [0.15, 0.2) is 24.3 Å². The molecule has 1 aromatic carbocycles. The lowest BCUT2D eigenvalue weighted by atomic mass is 9.91. The molecule has 0 saturated heterocycles. The van der Waals surface area contributed by atoms with Crippen molar-refractivity contribution >= 4 is 11.3 Å². The van der Waals surface area contributed by atoms with Gasteiger partial charge in [-0.05, 0) is 24.6 Å². The first-order valence-corrected chi connectivity index (χ1v) is 7.60. The van der Waals surface area contributed by atoms with Crippen LogP contribution in [-0.2, 0) is 18.6 Å². The summed E-state index contributed by atoms with van der Waals surface area (Å²) in [7, 11) is 0. The number of benzene rings is 1. The van der Waals surface area contributed by atoms with Crippen LogP contribution in [0.1, 0.15) is 41.9 Å². The summed E-state index contributed by atoms with van der Waals surface area (Å²) in [6.07, 6.45) is 0. The van der Waals surface area contributed by atoms with Gasteiger partial charge in [-0.15, -0.1) is 11.3 Å². The number of nitrogens with zero attached hydrogens (tertiary/aromatic N) is 1. The monoisotopic (exact) mass is 290 g/mol. The van der Waals surface area contributed by atoms with Gasteiger partial charge in [0, 0.05) is 16.8 Å². The molecule has 1 aromatic heterocycles. The summed E-state index contributed by atoms with van der Waals surface area (Å²) in [5, 5.41) is 0.983. The zero-order valence-electron chi connectivity index (χ0n) is 12.6. The maximum atomic E-state index is 5.82. The van der Waals surface area contributed by atoms with Crippen molar-refractivity contribution in [3.63, 3.8) is 0 Å². The topological polar surface area (TPSA) is 48.1 Å². The summed E-state index contributed by atoms with van der Waals surface area (Å²) in [5.74, 6) is 0.881. The second-order valence-corrected chi connectivity index (χ2v) is 7.11. The van der Waals surface area contributed by atoms with Gasteiger partial charge in [-0.2, -0.15) is 0 Å². The molecule has 20 heavy (non-hydrogen) atoms. The number of hydrogen-bond acceptors (Lipinski definition) is 4. The van der Waals surface area contributed by atoms with Crippen molar-refractivity contribution in [1.82, 2.24) is 4.98 Å². The number of thiazole rings is 1. The van der Waals surface area contributed by atoms with Crippen LogP contribution in [0.2, 0.25) is 0 Å². The predicted octanol–water partition coefficient (Wildman–Crippen LogP) is 3.79. The fourth-order valence-electron chi connectivity index (χ4n) is 2.04. The summed E-state index contributed by atoms with van der Waals surface area (Å²) in [6, 6.07) is 8.05. The molecule has 0 bridgehead atoms. The van der Waals surface area contributed by atoms with E-state index in [0.29, 0.717) is 13.2 Å². The molecule has 0 saturated carbocycles. The first-order valence-electron chi connectivity index (χ1n) is 6.78. The van der Waals surface area contributed by atoms with Gasteiger partial charge < -0.3 is 10.5 Å². The number of hydrogen-bond donors (Lipinski definition) is 1. The van der Waals surface area contributed by atoms with Gasteiger partial charge >= 0.3 is 0 Å². The van der Waals surface area contributed by atoms with Gasteiger partial charge in [-0.1, -0.05) is 32.9 Å². The summed E-state index contributed by atoms with van der Waals surface area (Å²) in [5.41, 5.74) is 8.12. The van der Waals surface area contributed by atoms with E-state index in [1.807, 2.05) is 18.2 Å². The van der Waals surface area contributed by atoms with Gasteiger partial charge in [-0.25, -0.2) is 4.98 Å². The first-order chi connectivity index (χ1) is 9.40. The van der Waals surface area contributed by atoms with Crippen molar-refractivity contribution < 1.29 is 4.74 Å².